The Bertz CT molecular complexity index is 1260. The summed E-state index contributed by atoms with van der Waals surface area (Å²) in [5, 5.41) is 7.27. The van der Waals surface area contributed by atoms with E-state index >= 15 is 0 Å². The van der Waals surface area contributed by atoms with Crippen LogP contribution in [0.5, 0.6) is 0 Å². The van der Waals surface area contributed by atoms with Crippen molar-refractivity contribution in [3.05, 3.63) is 65.9 Å². The average Bonchev–Trinajstić information content (AvgIpc) is 3.22. The van der Waals surface area contributed by atoms with Gasteiger partial charge in [-0.2, -0.15) is 0 Å². The van der Waals surface area contributed by atoms with Crippen LogP contribution in [0.2, 0.25) is 0 Å². The summed E-state index contributed by atoms with van der Waals surface area (Å²) in [4.78, 5) is 18.4. The number of aromatic nitrogens is 3. The summed E-state index contributed by atoms with van der Waals surface area (Å²) in [5.74, 6) is -0.00311. The third-order valence-corrected chi connectivity index (χ3v) is 6.41. The van der Waals surface area contributed by atoms with E-state index in [9.17, 15) is 8.78 Å². The summed E-state index contributed by atoms with van der Waals surface area (Å²) in [6.45, 7) is 5.03. The third-order valence-electron chi connectivity index (χ3n) is 5.53. The van der Waals surface area contributed by atoms with Gasteiger partial charge in [-0.1, -0.05) is 17.4 Å². The molecular formula is C23H23F2N7S. The van der Waals surface area contributed by atoms with Crippen LogP contribution in [0.3, 0.4) is 0 Å². The number of nitrogens with zero attached hydrogens (tertiary/aromatic N) is 5. The number of halogens is 2. The lowest BCUT2D eigenvalue weighted by Gasteiger charge is -2.27. The van der Waals surface area contributed by atoms with Gasteiger partial charge in [0.05, 0.1) is 5.69 Å². The number of thiazole rings is 1. The van der Waals surface area contributed by atoms with Crippen LogP contribution in [0.15, 0.2) is 48.7 Å². The minimum atomic E-state index is -0.641. The number of pyridine rings is 2. The lowest BCUT2D eigenvalue weighted by Crippen LogP contribution is -2.42. The van der Waals surface area contributed by atoms with Crippen LogP contribution >= 0.6 is 11.3 Å². The Hall–Kier alpha value is -3.21. The number of hydrogen-bond donors (Lipinski definition) is 2. The molecule has 7 nitrogen and oxygen atoms in total. The summed E-state index contributed by atoms with van der Waals surface area (Å²) in [5.41, 5.74) is 2.15. The highest BCUT2D eigenvalue weighted by molar-refractivity contribution is 7.21. The van der Waals surface area contributed by atoms with Crippen LogP contribution in [0.25, 0.3) is 10.3 Å². The highest BCUT2D eigenvalue weighted by Gasteiger charge is 2.14. The first-order valence-electron chi connectivity index (χ1n) is 10.7. The van der Waals surface area contributed by atoms with Gasteiger partial charge in [-0.3, -0.25) is 4.90 Å². The average molecular weight is 468 g/mol. The van der Waals surface area contributed by atoms with Gasteiger partial charge in [-0.05, 0) is 35.9 Å². The summed E-state index contributed by atoms with van der Waals surface area (Å²) in [6, 6.07) is 11.1. The molecule has 0 atom stereocenters. The second-order valence-electron chi connectivity index (χ2n) is 7.87. The number of benzene rings is 1. The first kappa shape index (κ1) is 21.6. The van der Waals surface area contributed by atoms with Crippen molar-refractivity contribution >= 4 is 44.1 Å². The molecule has 0 aliphatic carbocycles. The number of piperazine rings is 1. The predicted molar refractivity (Wildman–Crippen MR) is 128 cm³/mol. The van der Waals surface area contributed by atoms with Gasteiger partial charge < -0.3 is 15.5 Å². The van der Waals surface area contributed by atoms with Crippen LogP contribution < -0.4 is 15.5 Å². The number of fused-ring (bicyclic) bond motifs is 1. The summed E-state index contributed by atoms with van der Waals surface area (Å²) < 4.78 is 27.4. The van der Waals surface area contributed by atoms with Gasteiger partial charge in [-0.25, -0.2) is 23.7 Å². The first-order valence-corrected chi connectivity index (χ1v) is 11.5. The van der Waals surface area contributed by atoms with Gasteiger partial charge in [0.1, 0.15) is 33.6 Å². The van der Waals surface area contributed by atoms with Crippen LogP contribution in [-0.2, 0) is 6.54 Å². The largest absolute Gasteiger partial charge is 0.327 e. The van der Waals surface area contributed by atoms with Crippen LogP contribution in [-0.4, -0.2) is 53.1 Å². The topological polar surface area (TPSA) is 69.2 Å². The fourth-order valence-corrected chi connectivity index (χ4v) is 4.59. The van der Waals surface area contributed by atoms with Crippen molar-refractivity contribution in [3.63, 3.8) is 0 Å². The second-order valence-corrected chi connectivity index (χ2v) is 8.85. The molecule has 4 heterocycles. The second kappa shape index (κ2) is 9.34. The highest BCUT2D eigenvalue weighted by atomic mass is 32.1. The van der Waals surface area contributed by atoms with E-state index in [-0.39, 0.29) is 5.69 Å². The molecule has 0 bridgehead atoms. The molecule has 33 heavy (non-hydrogen) atoms. The molecular weight excluding hydrogens is 444 g/mol. The predicted octanol–water partition coefficient (Wildman–Crippen LogP) is 4.28. The molecule has 1 aliphatic heterocycles. The zero-order chi connectivity index (χ0) is 22.8. The Morgan fingerprint density at radius 3 is 2.70 bits per heavy atom. The molecule has 0 spiro atoms. The summed E-state index contributed by atoms with van der Waals surface area (Å²) in [6.07, 6.45) is 1.89. The SMILES string of the molecule is CN(c1ccc2nc(Nc3ccc(CN4CCNCC4)cn3)sc2n1)c1ccc(F)cc1F. The molecule has 1 saturated heterocycles. The van der Waals surface area contributed by atoms with Crippen molar-refractivity contribution in [1.82, 2.24) is 25.2 Å². The quantitative estimate of drug-likeness (QED) is 0.439. The zero-order valence-electron chi connectivity index (χ0n) is 18.1. The van der Waals surface area contributed by atoms with E-state index < -0.39 is 11.6 Å². The van der Waals surface area contributed by atoms with Crippen LogP contribution in [0.1, 0.15) is 5.56 Å². The third kappa shape index (κ3) is 4.92. The first-order chi connectivity index (χ1) is 16.0. The minimum Gasteiger partial charge on any atom is -0.327 e. The smallest absolute Gasteiger partial charge is 0.190 e. The monoisotopic (exact) mass is 467 g/mol. The van der Waals surface area contributed by atoms with E-state index in [0.717, 1.165) is 44.3 Å². The number of hydrogen-bond acceptors (Lipinski definition) is 8. The van der Waals surface area contributed by atoms with Crippen molar-refractivity contribution in [3.8, 4) is 0 Å². The van der Waals surface area contributed by atoms with Crippen molar-refractivity contribution in [2.24, 2.45) is 0 Å². The van der Waals surface area contributed by atoms with Crippen molar-refractivity contribution in [2.45, 2.75) is 6.54 Å². The van der Waals surface area contributed by atoms with Gasteiger partial charge >= 0.3 is 0 Å². The highest BCUT2D eigenvalue weighted by Crippen LogP contribution is 2.31. The van der Waals surface area contributed by atoms with Crippen molar-refractivity contribution in [2.75, 3.05) is 43.4 Å². The molecule has 0 radical (unpaired) electrons. The van der Waals surface area contributed by atoms with Crippen molar-refractivity contribution < 1.29 is 8.78 Å². The van der Waals surface area contributed by atoms with Gasteiger partial charge in [0.2, 0.25) is 0 Å². The summed E-state index contributed by atoms with van der Waals surface area (Å²) in [7, 11) is 1.69. The molecule has 4 aromatic rings. The molecule has 1 aromatic carbocycles. The molecule has 3 aromatic heterocycles. The van der Waals surface area contributed by atoms with E-state index in [1.807, 2.05) is 18.3 Å². The molecule has 0 amide bonds. The van der Waals surface area contributed by atoms with Gasteiger partial charge in [0.15, 0.2) is 5.13 Å². The van der Waals surface area contributed by atoms with Crippen molar-refractivity contribution in [1.29, 1.82) is 0 Å². The molecule has 5 rings (SSSR count). The number of nitrogens with one attached hydrogen (secondary N) is 2. The maximum absolute atomic E-state index is 14.2. The van der Waals surface area contributed by atoms with Gasteiger partial charge in [0.25, 0.3) is 0 Å². The van der Waals surface area contributed by atoms with Crippen LogP contribution in [0.4, 0.5) is 31.2 Å². The Balaban J connectivity index is 1.29. The molecule has 0 saturated carbocycles. The van der Waals surface area contributed by atoms with E-state index in [4.69, 9.17) is 0 Å². The Kier molecular flexibility index (Phi) is 6.12. The minimum absolute atomic E-state index is 0.246. The number of anilines is 4. The fourth-order valence-electron chi connectivity index (χ4n) is 3.75. The fraction of sp³-hybridized carbons (Fsp3) is 0.261. The molecule has 10 heteroatoms. The Morgan fingerprint density at radius 2 is 1.94 bits per heavy atom. The molecule has 2 N–H and O–H groups in total. The lowest BCUT2D eigenvalue weighted by atomic mass is 10.2. The number of rotatable bonds is 6. The maximum atomic E-state index is 14.2. The van der Waals surface area contributed by atoms with E-state index in [2.05, 4.69) is 36.6 Å². The lowest BCUT2D eigenvalue weighted by molar-refractivity contribution is 0.233. The molecule has 0 unspecified atom stereocenters. The van der Waals surface area contributed by atoms with Gasteiger partial charge in [-0.15, -0.1) is 0 Å². The summed E-state index contributed by atoms with van der Waals surface area (Å²) >= 11 is 1.39. The standard InChI is InChI=1S/C23H23F2N7S/c1-31(19-5-3-16(24)12-17(19)25)21-7-4-18-22(30-21)33-23(28-18)29-20-6-2-15(13-27-20)14-32-10-8-26-9-11-32/h2-7,12-13,26H,8-11,14H2,1H3,(H,27,28,29). The Labute approximate surface area is 194 Å². The van der Waals surface area contributed by atoms with E-state index in [1.54, 1.807) is 18.0 Å². The van der Waals surface area contributed by atoms with Gasteiger partial charge in [0, 0.05) is 52.0 Å². The van der Waals surface area contributed by atoms with E-state index in [0.29, 0.717) is 21.6 Å². The van der Waals surface area contributed by atoms with Crippen LogP contribution in [0, 0.1) is 11.6 Å². The molecule has 1 fully saturated rings. The zero-order valence-corrected chi connectivity index (χ0v) is 18.9. The maximum Gasteiger partial charge on any atom is 0.190 e. The Morgan fingerprint density at radius 1 is 1.09 bits per heavy atom. The molecule has 170 valence electrons. The van der Waals surface area contributed by atoms with E-state index in [1.165, 1.54) is 29.0 Å². The normalized spacial score (nSPS) is 14.5. The molecule has 1 aliphatic rings.